The van der Waals surface area contributed by atoms with Crippen LogP contribution in [0.1, 0.15) is 16.9 Å². The third-order valence-electron chi connectivity index (χ3n) is 3.50. The molecule has 3 aromatic rings. The Labute approximate surface area is 139 Å². The SMILES string of the molecule is CS(=O)(=O)c1nc(C(=O)NCCCn2ccnc2)c2ccccn12. The van der Waals surface area contributed by atoms with E-state index in [1.165, 1.54) is 4.40 Å². The van der Waals surface area contributed by atoms with Crippen molar-refractivity contribution < 1.29 is 13.2 Å². The monoisotopic (exact) mass is 347 g/mol. The van der Waals surface area contributed by atoms with Gasteiger partial charge in [0.2, 0.25) is 15.0 Å². The highest BCUT2D eigenvalue weighted by molar-refractivity contribution is 7.90. The molecule has 1 N–H and O–H groups in total. The van der Waals surface area contributed by atoms with Gasteiger partial charge in [-0.3, -0.25) is 9.20 Å². The van der Waals surface area contributed by atoms with E-state index in [0.29, 0.717) is 12.1 Å². The summed E-state index contributed by atoms with van der Waals surface area (Å²) in [5, 5.41) is 2.64. The van der Waals surface area contributed by atoms with Gasteiger partial charge in [-0.25, -0.2) is 18.4 Å². The topological polar surface area (TPSA) is 98.4 Å². The molecule has 0 radical (unpaired) electrons. The number of fused-ring (bicyclic) bond motifs is 1. The summed E-state index contributed by atoms with van der Waals surface area (Å²) in [6, 6.07) is 5.09. The zero-order valence-corrected chi connectivity index (χ0v) is 13.9. The number of aryl methyl sites for hydroxylation is 1. The number of imidazole rings is 2. The Balaban J connectivity index is 1.75. The van der Waals surface area contributed by atoms with Crippen LogP contribution in [0.25, 0.3) is 5.52 Å². The van der Waals surface area contributed by atoms with E-state index in [1.54, 1.807) is 36.9 Å². The molecule has 8 nitrogen and oxygen atoms in total. The molecule has 3 aromatic heterocycles. The van der Waals surface area contributed by atoms with Gasteiger partial charge in [0, 0.05) is 37.9 Å². The van der Waals surface area contributed by atoms with Gasteiger partial charge in [-0.15, -0.1) is 0 Å². The summed E-state index contributed by atoms with van der Waals surface area (Å²) in [5.41, 5.74) is 0.573. The van der Waals surface area contributed by atoms with Gasteiger partial charge in [-0.05, 0) is 18.6 Å². The smallest absolute Gasteiger partial charge is 0.272 e. The van der Waals surface area contributed by atoms with E-state index in [1.807, 2.05) is 10.8 Å². The maximum absolute atomic E-state index is 12.4. The molecule has 0 spiro atoms. The van der Waals surface area contributed by atoms with E-state index in [-0.39, 0.29) is 16.8 Å². The minimum Gasteiger partial charge on any atom is -0.351 e. The largest absolute Gasteiger partial charge is 0.351 e. The van der Waals surface area contributed by atoms with Crippen molar-refractivity contribution in [3.8, 4) is 0 Å². The fourth-order valence-electron chi connectivity index (χ4n) is 2.40. The van der Waals surface area contributed by atoms with Crippen LogP contribution in [0.15, 0.2) is 48.3 Å². The molecule has 3 heterocycles. The average Bonchev–Trinajstić information content (AvgIpc) is 3.18. The van der Waals surface area contributed by atoms with Gasteiger partial charge in [0.1, 0.15) is 0 Å². The second-order valence-electron chi connectivity index (χ2n) is 5.38. The number of nitrogens with one attached hydrogen (secondary N) is 1. The minimum atomic E-state index is -3.54. The molecule has 0 aliphatic rings. The molecule has 24 heavy (non-hydrogen) atoms. The fraction of sp³-hybridized carbons (Fsp3) is 0.267. The van der Waals surface area contributed by atoms with Crippen LogP contribution in [0.3, 0.4) is 0 Å². The highest BCUT2D eigenvalue weighted by atomic mass is 32.2. The first-order chi connectivity index (χ1) is 11.5. The average molecular weight is 347 g/mol. The maximum atomic E-state index is 12.4. The van der Waals surface area contributed by atoms with Gasteiger partial charge >= 0.3 is 0 Å². The molecule has 0 fully saturated rings. The molecule has 0 atom stereocenters. The van der Waals surface area contributed by atoms with E-state index in [4.69, 9.17) is 0 Å². The predicted molar refractivity (Wildman–Crippen MR) is 87.5 cm³/mol. The van der Waals surface area contributed by atoms with Crippen LogP contribution in [-0.2, 0) is 16.4 Å². The number of hydrogen-bond donors (Lipinski definition) is 1. The van der Waals surface area contributed by atoms with Crippen molar-refractivity contribution in [3.63, 3.8) is 0 Å². The number of aromatic nitrogens is 4. The molecule has 0 bridgehead atoms. The first kappa shape index (κ1) is 16.2. The van der Waals surface area contributed by atoms with E-state index >= 15 is 0 Å². The summed E-state index contributed by atoms with van der Waals surface area (Å²) in [5.74, 6) is -0.390. The normalized spacial score (nSPS) is 11.7. The molecule has 0 aromatic carbocycles. The molecule has 0 saturated carbocycles. The number of sulfone groups is 1. The van der Waals surface area contributed by atoms with Crippen LogP contribution in [0.2, 0.25) is 0 Å². The molecule has 3 rings (SSSR count). The first-order valence-electron chi connectivity index (χ1n) is 7.38. The number of carbonyl (C=O) groups is 1. The Morgan fingerprint density at radius 3 is 2.83 bits per heavy atom. The lowest BCUT2D eigenvalue weighted by molar-refractivity contribution is 0.0949. The highest BCUT2D eigenvalue weighted by Crippen LogP contribution is 2.16. The van der Waals surface area contributed by atoms with Crippen LogP contribution in [0.5, 0.6) is 0 Å². The quantitative estimate of drug-likeness (QED) is 0.664. The van der Waals surface area contributed by atoms with Gasteiger partial charge in [-0.2, -0.15) is 0 Å². The third-order valence-corrected chi connectivity index (χ3v) is 4.45. The van der Waals surface area contributed by atoms with Gasteiger partial charge in [-0.1, -0.05) is 6.07 Å². The van der Waals surface area contributed by atoms with Gasteiger partial charge in [0.25, 0.3) is 5.91 Å². The van der Waals surface area contributed by atoms with Crippen molar-refractivity contribution in [2.75, 3.05) is 12.8 Å². The van der Waals surface area contributed by atoms with Crippen molar-refractivity contribution in [3.05, 3.63) is 48.8 Å². The van der Waals surface area contributed by atoms with E-state index in [0.717, 1.165) is 19.2 Å². The lowest BCUT2D eigenvalue weighted by atomic mass is 10.3. The molecule has 9 heteroatoms. The molecule has 0 aliphatic heterocycles. The number of carbonyl (C=O) groups excluding carboxylic acids is 1. The molecule has 1 amide bonds. The molecule has 0 saturated heterocycles. The highest BCUT2D eigenvalue weighted by Gasteiger charge is 2.22. The molecule has 0 aliphatic carbocycles. The first-order valence-corrected chi connectivity index (χ1v) is 9.27. The van der Waals surface area contributed by atoms with Crippen LogP contribution in [-0.4, -0.2) is 46.1 Å². The summed E-state index contributed by atoms with van der Waals surface area (Å²) >= 11 is 0. The van der Waals surface area contributed by atoms with Crippen molar-refractivity contribution in [1.29, 1.82) is 0 Å². The summed E-state index contributed by atoms with van der Waals surface area (Å²) in [6.45, 7) is 1.19. The van der Waals surface area contributed by atoms with E-state index < -0.39 is 9.84 Å². The molecule has 0 unspecified atom stereocenters. The Kier molecular flexibility index (Phi) is 4.34. The van der Waals surface area contributed by atoms with Crippen LogP contribution in [0.4, 0.5) is 0 Å². The zero-order valence-electron chi connectivity index (χ0n) is 13.1. The molecule has 126 valence electrons. The van der Waals surface area contributed by atoms with Crippen molar-refractivity contribution >= 4 is 21.3 Å². The standard InChI is InChI=1S/C15H17N5O3S/c1-24(22,23)15-18-13(12-5-2-3-9-20(12)15)14(21)17-6-4-8-19-10-7-16-11-19/h2-3,5,7,9-11H,4,6,8H2,1H3,(H,17,21). The summed E-state index contributed by atoms with van der Waals surface area (Å²) in [6.07, 6.45) is 8.64. The Bertz CT molecular complexity index is 960. The predicted octanol–water partition coefficient (Wildman–Crippen LogP) is 0.754. The number of nitrogens with zero attached hydrogens (tertiary/aromatic N) is 4. The minimum absolute atomic E-state index is 0.110. The zero-order chi connectivity index (χ0) is 17.2. The third kappa shape index (κ3) is 3.30. The van der Waals surface area contributed by atoms with Crippen LogP contribution in [0, 0.1) is 0 Å². The molecular weight excluding hydrogens is 330 g/mol. The van der Waals surface area contributed by atoms with Gasteiger partial charge in [0.05, 0.1) is 11.8 Å². The Morgan fingerprint density at radius 2 is 2.12 bits per heavy atom. The fourth-order valence-corrected chi connectivity index (χ4v) is 3.18. The van der Waals surface area contributed by atoms with Gasteiger partial charge < -0.3 is 9.88 Å². The lowest BCUT2D eigenvalue weighted by Gasteiger charge is -2.04. The van der Waals surface area contributed by atoms with Crippen LogP contribution >= 0.6 is 0 Å². The van der Waals surface area contributed by atoms with E-state index in [9.17, 15) is 13.2 Å². The number of pyridine rings is 1. The second kappa shape index (κ2) is 6.44. The van der Waals surface area contributed by atoms with E-state index in [2.05, 4.69) is 15.3 Å². The van der Waals surface area contributed by atoms with Crippen molar-refractivity contribution in [2.45, 2.75) is 18.1 Å². The number of amides is 1. The Morgan fingerprint density at radius 1 is 1.29 bits per heavy atom. The summed E-state index contributed by atoms with van der Waals surface area (Å²) in [7, 11) is -3.54. The van der Waals surface area contributed by atoms with Crippen molar-refractivity contribution in [2.24, 2.45) is 0 Å². The van der Waals surface area contributed by atoms with Crippen molar-refractivity contribution in [1.82, 2.24) is 24.3 Å². The molecular formula is C15H17N5O3S. The summed E-state index contributed by atoms with van der Waals surface area (Å²) in [4.78, 5) is 20.3. The van der Waals surface area contributed by atoms with Gasteiger partial charge in [0.15, 0.2) is 5.69 Å². The number of hydrogen-bond acceptors (Lipinski definition) is 5. The number of rotatable bonds is 6. The maximum Gasteiger partial charge on any atom is 0.272 e. The van der Waals surface area contributed by atoms with Crippen LogP contribution < -0.4 is 5.32 Å². The summed E-state index contributed by atoms with van der Waals surface area (Å²) < 4.78 is 27.0. The second-order valence-corrected chi connectivity index (χ2v) is 7.29. The lowest BCUT2D eigenvalue weighted by Crippen LogP contribution is -2.25. The Hall–Kier alpha value is -2.68.